The number of hydrogen-bond acceptors (Lipinski definition) is 2. The minimum absolute atomic E-state index is 0.0452. The molecule has 3 aromatic carbocycles. The third kappa shape index (κ3) is 2.91. The van der Waals surface area contributed by atoms with Gasteiger partial charge in [-0.25, -0.2) is 8.78 Å². The summed E-state index contributed by atoms with van der Waals surface area (Å²) in [5, 5.41) is 4.15. The Balaban J connectivity index is 2.44. The molecular weight excluding hydrogens is 356 g/mol. The van der Waals surface area contributed by atoms with Gasteiger partial charge in [0.2, 0.25) is 0 Å². The van der Waals surface area contributed by atoms with E-state index in [1.807, 2.05) is 0 Å². The maximum Gasteiger partial charge on any atom is 0.139 e. The van der Waals surface area contributed by atoms with E-state index in [0.717, 1.165) is 0 Å². The molecular formula is C20H16ClF2N3. The van der Waals surface area contributed by atoms with Gasteiger partial charge in [-0.3, -0.25) is 0 Å². The van der Waals surface area contributed by atoms with Crippen molar-refractivity contribution in [3.8, 4) is 0 Å². The third-order valence-corrected chi connectivity index (χ3v) is 4.69. The van der Waals surface area contributed by atoms with E-state index in [1.165, 1.54) is 24.3 Å². The smallest absolute Gasteiger partial charge is 0.139 e. The summed E-state index contributed by atoms with van der Waals surface area (Å²) in [7, 11) is 0. The quantitative estimate of drug-likeness (QED) is 0.237. The number of amidine groups is 1. The second-order valence-electron chi connectivity index (χ2n) is 5.76. The number of hydrazone groups is 1. The number of nitrogens with zero attached hydrogens (tertiary/aromatic N) is 1. The fourth-order valence-corrected chi connectivity index (χ4v) is 3.45. The van der Waals surface area contributed by atoms with Crippen molar-refractivity contribution < 1.29 is 8.78 Å². The fourth-order valence-electron chi connectivity index (χ4n) is 3.17. The Morgan fingerprint density at radius 2 is 1.27 bits per heavy atom. The average molecular weight is 372 g/mol. The van der Waals surface area contributed by atoms with E-state index in [4.69, 9.17) is 23.2 Å². The highest BCUT2D eigenvalue weighted by atomic mass is 35.5. The van der Waals surface area contributed by atoms with Crippen LogP contribution >= 0.6 is 11.6 Å². The number of nitrogens with two attached hydrogens (primary N) is 2. The van der Waals surface area contributed by atoms with Gasteiger partial charge in [-0.05, 0) is 47.0 Å². The van der Waals surface area contributed by atoms with Gasteiger partial charge in [0.05, 0.1) is 0 Å². The van der Waals surface area contributed by atoms with Gasteiger partial charge in [0.15, 0.2) is 0 Å². The molecule has 4 N–H and O–H groups in total. The molecule has 0 aliphatic heterocycles. The zero-order valence-electron chi connectivity index (χ0n) is 13.7. The second kappa shape index (κ2) is 7.14. The van der Waals surface area contributed by atoms with E-state index in [2.05, 4.69) is 5.10 Å². The second-order valence-corrected chi connectivity index (χ2v) is 6.17. The first-order chi connectivity index (χ1) is 12.5. The Kier molecular flexibility index (Phi) is 4.91. The molecule has 0 spiro atoms. The molecule has 0 radical (unpaired) electrons. The lowest BCUT2D eigenvalue weighted by molar-refractivity contribution is 0.624. The van der Waals surface area contributed by atoms with Gasteiger partial charge in [0.1, 0.15) is 22.9 Å². The van der Waals surface area contributed by atoms with Crippen LogP contribution in [0.2, 0.25) is 5.02 Å². The van der Waals surface area contributed by atoms with Crippen LogP contribution in [0.1, 0.15) is 16.7 Å². The lowest BCUT2D eigenvalue weighted by atomic mass is 9.68. The Hall–Kier alpha value is -2.92. The predicted octanol–water partition coefficient (Wildman–Crippen LogP) is 4.18. The SMILES string of the molecule is NN=C(N)C(c1ccc(F)cc1)(c1ccc(F)cc1)c1ccccc1Cl. The first-order valence-electron chi connectivity index (χ1n) is 7.81. The molecule has 3 nitrogen and oxygen atoms in total. The monoisotopic (exact) mass is 371 g/mol. The van der Waals surface area contributed by atoms with Crippen LogP contribution in [-0.4, -0.2) is 5.84 Å². The molecule has 0 aromatic heterocycles. The summed E-state index contributed by atoms with van der Waals surface area (Å²) < 4.78 is 27.1. The van der Waals surface area contributed by atoms with E-state index in [1.54, 1.807) is 48.5 Å². The molecule has 0 fully saturated rings. The summed E-state index contributed by atoms with van der Waals surface area (Å²) in [6.45, 7) is 0. The van der Waals surface area contributed by atoms with Crippen LogP contribution in [0.4, 0.5) is 8.78 Å². The molecule has 0 atom stereocenters. The maximum atomic E-state index is 13.5. The first kappa shape index (κ1) is 17.9. The average Bonchev–Trinajstić information content (AvgIpc) is 2.66. The van der Waals surface area contributed by atoms with E-state index in [0.29, 0.717) is 21.7 Å². The van der Waals surface area contributed by atoms with Crippen molar-refractivity contribution in [1.29, 1.82) is 0 Å². The maximum absolute atomic E-state index is 13.5. The predicted molar refractivity (Wildman–Crippen MR) is 99.9 cm³/mol. The van der Waals surface area contributed by atoms with Gasteiger partial charge in [-0.1, -0.05) is 54.1 Å². The number of hydrogen-bond donors (Lipinski definition) is 2. The molecule has 132 valence electrons. The molecule has 0 bridgehead atoms. The summed E-state index contributed by atoms with van der Waals surface area (Å²) in [5.41, 5.74) is 6.88. The van der Waals surface area contributed by atoms with Crippen LogP contribution in [0.3, 0.4) is 0 Å². The van der Waals surface area contributed by atoms with Crippen molar-refractivity contribution in [2.24, 2.45) is 16.7 Å². The number of rotatable bonds is 4. The molecule has 3 aromatic rings. The van der Waals surface area contributed by atoms with Crippen molar-refractivity contribution in [2.45, 2.75) is 5.41 Å². The van der Waals surface area contributed by atoms with Crippen LogP contribution < -0.4 is 11.6 Å². The highest BCUT2D eigenvalue weighted by Gasteiger charge is 2.42. The molecule has 0 saturated carbocycles. The standard InChI is InChI=1S/C20H16ClF2N3/c21-18-4-2-1-3-17(18)20(19(24)26-25,13-5-9-15(22)10-6-13)14-7-11-16(23)12-8-14/h1-12H,25H2,(H2,24,26). The minimum Gasteiger partial charge on any atom is -0.384 e. The highest BCUT2D eigenvalue weighted by Crippen LogP contribution is 2.42. The first-order valence-corrected chi connectivity index (χ1v) is 8.19. The van der Waals surface area contributed by atoms with Gasteiger partial charge >= 0.3 is 0 Å². The van der Waals surface area contributed by atoms with Crippen LogP contribution in [0.25, 0.3) is 0 Å². The molecule has 0 unspecified atom stereocenters. The van der Waals surface area contributed by atoms with Crippen LogP contribution in [0.5, 0.6) is 0 Å². The molecule has 0 heterocycles. The topological polar surface area (TPSA) is 64.4 Å². The summed E-state index contributed by atoms with van der Waals surface area (Å²) in [4.78, 5) is 0. The number of halogens is 3. The Bertz CT molecular complexity index is 893. The Morgan fingerprint density at radius 1 is 0.808 bits per heavy atom. The zero-order chi connectivity index (χ0) is 18.7. The Labute approximate surface area is 154 Å². The van der Waals surface area contributed by atoms with Gasteiger partial charge in [0, 0.05) is 5.02 Å². The summed E-state index contributed by atoms with van der Waals surface area (Å²) in [5.74, 6) is 4.80. The zero-order valence-corrected chi connectivity index (χ0v) is 14.4. The minimum atomic E-state index is -1.20. The van der Waals surface area contributed by atoms with Crippen molar-refractivity contribution in [2.75, 3.05) is 0 Å². The molecule has 0 amide bonds. The summed E-state index contributed by atoms with van der Waals surface area (Å²) in [6, 6.07) is 18.7. The van der Waals surface area contributed by atoms with E-state index in [9.17, 15) is 8.78 Å². The van der Waals surface area contributed by atoms with E-state index in [-0.39, 0.29) is 5.84 Å². The normalized spacial score (nSPS) is 12.2. The van der Waals surface area contributed by atoms with Crippen molar-refractivity contribution in [3.63, 3.8) is 0 Å². The summed E-state index contributed by atoms with van der Waals surface area (Å²) in [6.07, 6.45) is 0. The van der Waals surface area contributed by atoms with E-state index < -0.39 is 17.0 Å². The molecule has 0 saturated heterocycles. The largest absolute Gasteiger partial charge is 0.384 e. The molecule has 3 rings (SSSR count). The summed E-state index contributed by atoms with van der Waals surface area (Å²) >= 11 is 6.47. The highest BCUT2D eigenvalue weighted by molar-refractivity contribution is 6.32. The molecule has 0 aliphatic carbocycles. The van der Waals surface area contributed by atoms with Crippen LogP contribution in [0, 0.1) is 11.6 Å². The lowest BCUT2D eigenvalue weighted by Crippen LogP contribution is -2.44. The fraction of sp³-hybridized carbons (Fsp3) is 0.0500. The van der Waals surface area contributed by atoms with E-state index >= 15 is 0 Å². The molecule has 6 heteroatoms. The van der Waals surface area contributed by atoms with Crippen molar-refractivity contribution in [3.05, 3.63) is 106 Å². The van der Waals surface area contributed by atoms with Gasteiger partial charge in [-0.15, -0.1) is 0 Å². The van der Waals surface area contributed by atoms with Gasteiger partial charge < -0.3 is 11.6 Å². The molecule has 0 aliphatic rings. The van der Waals surface area contributed by atoms with Crippen molar-refractivity contribution >= 4 is 17.4 Å². The third-order valence-electron chi connectivity index (χ3n) is 4.36. The van der Waals surface area contributed by atoms with Crippen molar-refractivity contribution in [1.82, 2.24) is 0 Å². The van der Waals surface area contributed by atoms with Gasteiger partial charge in [-0.2, -0.15) is 5.10 Å². The Morgan fingerprint density at radius 3 is 1.69 bits per heavy atom. The van der Waals surface area contributed by atoms with Crippen LogP contribution in [-0.2, 0) is 5.41 Å². The van der Waals surface area contributed by atoms with Crippen LogP contribution in [0.15, 0.2) is 77.9 Å². The lowest BCUT2D eigenvalue weighted by Gasteiger charge is -2.35. The van der Waals surface area contributed by atoms with Gasteiger partial charge in [0.25, 0.3) is 0 Å². The molecule has 26 heavy (non-hydrogen) atoms. The number of benzene rings is 3.